The molecule has 0 bridgehead atoms. The first-order valence-electron chi connectivity index (χ1n) is 5.43. The number of nitrogens with zero attached hydrogens (tertiary/aromatic N) is 2. The van der Waals surface area contributed by atoms with Crippen molar-refractivity contribution in [3.63, 3.8) is 0 Å². The van der Waals surface area contributed by atoms with Crippen LogP contribution >= 0.6 is 0 Å². The van der Waals surface area contributed by atoms with Gasteiger partial charge in [0, 0.05) is 0 Å². The lowest BCUT2D eigenvalue weighted by Gasteiger charge is -2.37. The topological polar surface area (TPSA) is 64.5 Å². The fourth-order valence-corrected chi connectivity index (χ4v) is 2.04. The molecule has 5 nitrogen and oxygen atoms in total. The van der Waals surface area contributed by atoms with Crippen molar-refractivity contribution in [2.45, 2.75) is 19.3 Å². The van der Waals surface area contributed by atoms with Gasteiger partial charge in [-0.2, -0.15) is 0 Å². The van der Waals surface area contributed by atoms with Crippen LogP contribution in [0.15, 0.2) is 5.16 Å². The molecular weight excluding hydrogens is 194 g/mol. The molecule has 0 radical (unpaired) electrons. The third-order valence-corrected chi connectivity index (χ3v) is 3.02. The smallest absolute Gasteiger partial charge is 0.261 e. The lowest BCUT2D eigenvalue weighted by molar-refractivity contribution is -0.912. The van der Waals surface area contributed by atoms with Crippen LogP contribution in [-0.2, 0) is 4.79 Å². The van der Waals surface area contributed by atoms with Crippen LogP contribution in [0.4, 0.5) is 0 Å². The average Bonchev–Trinajstić information content (AvgIpc) is 2.19. The first-order valence-corrected chi connectivity index (χ1v) is 5.43. The Morgan fingerprint density at radius 2 is 2.13 bits per heavy atom. The highest BCUT2D eigenvalue weighted by atomic mass is 16.4. The van der Waals surface area contributed by atoms with Crippen LogP contribution in [0.5, 0.6) is 0 Å². The predicted molar refractivity (Wildman–Crippen MR) is 59.5 cm³/mol. The molecule has 86 valence electrons. The molecule has 0 aromatic rings. The first-order chi connectivity index (χ1) is 7.16. The number of hydrogen-bond acceptors (Lipinski definition) is 3. The fourth-order valence-electron chi connectivity index (χ4n) is 2.04. The number of likely N-dealkylation sites (N-methyl/N-ethyl adjacent to an activating group) is 1. The van der Waals surface area contributed by atoms with E-state index in [0.29, 0.717) is 6.54 Å². The van der Waals surface area contributed by atoms with Gasteiger partial charge in [-0.25, -0.2) is 0 Å². The zero-order chi connectivity index (χ0) is 11.1. The third-order valence-electron chi connectivity index (χ3n) is 3.02. The molecule has 1 heterocycles. The summed E-state index contributed by atoms with van der Waals surface area (Å²) < 4.78 is 1.02. The number of nitrogens with one attached hydrogen (secondary N) is 1. The van der Waals surface area contributed by atoms with Gasteiger partial charge >= 0.3 is 0 Å². The maximum Gasteiger partial charge on any atom is 0.261 e. The van der Waals surface area contributed by atoms with Crippen LogP contribution in [0.3, 0.4) is 0 Å². The van der Waals surface area contributed by atoms with Gasteiger partial charge in [0.15, 0.2) is 0 Å². The molecule has 0 atom stereocenters. The van der Waals surface area contributed by atoms with Crippen LogP contribution < -0.4 is 5.32 Å². The van der Waals surface area contributed by atoms with Crippen molar-refractivity contribution in [3.8, 4) is 0 Å². The van der Waals surface area contributed by atoms with Crippen LogP contribution in [-0.4, -0.2) is 49.8 Å². The largest absolute Gasteiger partial charge is 0.792 e. The lowest BCUT2D eigenvalue weighted by atomic mass is 10.1. The Morgan fingerprint density at radius 1 is 1.47 bits per heavy atom. The average molecular weight is 213 g/mol. The molecule has 0 aliphatic carbocycles. The number of hydrogen-bond donors (Lipinski definition) is 1. The summed E-state index contributed by atoms with van der Waals surface area (Å²) in [6.07, 6.45) is 4.64. The summed E-state index contributed by atoms with van der Waals surface area (Å²) in [6, 6.07) is 0. The van der Waals surface area contributed by atoms with Crippen LogP contribution in [0.1, 0.15) is 19.3 Å². The number of carbonyl (C=O) groups is 1. The van der Waals surface area contributed by atoms with Gasteiger partial charge in [0.1, 0.15) is 0 Å². The van der Waals surface area contributed by atoms with Crippen molar-refractivity contribution in [1.29, 1.82) is 0 Å². The molecule has 0 aromatic carbocycles. The Balaban J connectivity index is 2.21. The molecule has 1 aliphatic rings. The van der Waals surface area contributed by atoms with Crippen LogP contribution in [0.2, 0.25) is 0 Å². The van der Waals surface area contributed by atoms with E-state index in [1.807, 2.05) is 0 Å². The van der Waals surface area contributed by atoms with Gasteiger partial charge < -0.3 is 20.2 Å². The van der Waals surface area contributed by atoms with E-state index in [4.69, 9.17) is 0 Å². The number of rotatable bonds is 4. The second-order valence-corrected chi connectivity index (χ2v) is 4.38. The quantitative estimate of drug-likeness (QED) is 0.415. The molecule has 0 saturated carbocycles. The van der Waals surface area contributed by atoms with E-state index in [2.05, 4.69) is 17.5 Å². The van der Waals surface area contributed by atoms with Crippen LogP contribution in [0, 0.1) is 5.21 Å². The predicted octanol–water partition coefficient (Wildman–Crippen LogP) is 0.302. The van der Waals surface area contributed by atoms with Gasteiger partial charge in [-0.3, -0.25) is 4.79 Å². The molecule has 1 amide bonds. The van der Waals surface area contributed by atoms with Crippen LogP contribution in [0.25, 0.3) is 0 Å². The summed E-state index contributed by atoms with van der Waals surface area (Å²) in [5.41, 5.74) is 0. The Morgan fingerprint density at radius 3 is 2.73 bits per heavy atom. The van der Waals surface area contributed by atoms with Crippen molar-refractivity contribution in [2.75, 3.05) is 33.2 Å². The van der Waals surface area contributed by atoms with E-state index in [9.17, 15) is 10.0 Å². The Hall–Kier alpha value is -1.10. The Labute approximate surface area is 90.3 Å². The molecule has 0 aromatic heterocycles. The van der Waals surface area contributed by atoms with E-state index < -0.39 is 5.91 Å². The minimum atomic E-state index is -0.395. The van der Waals surface area contributed by atoms with Crippen molar-refractivity contribution in [3.05, 3.63) is 5.21 Å². The first kappa shape index (κ1) is 12.0. The molecule has 0 unspecified atom stereocenters. The number of carbonyl (C=O) groups excluding carboxylic acids is 1. The zero-order valence-electron chi connectivity index (χ0n) is 9.24. The molecule has 1 aliphatic heterocycles. The van der Waals surface area contributed by atoms with Crippen molar-refractivity contribution < 1.29 is 9.28 Å². The Bertz CT molecular complexity index is 235. The highest BCUT2D eigenvalue weighted by Crippen LogP contribution is 2.14. The summed E-state index contributed by atoms with van der Waals surface area (Å²) in [4.78, 5) is 10.9. The summed E-state index contributed by atoms with van der Waals surface area (Å²) in [6.45, 7) is 3.91. The van der Waals surface area contributed by atoms with Gasteiger partial charge in [-0.05, 0) is 19.3 Å². The molecule has 1 rings (SSSR count). The highest BCUT2D eigenvalue weighted by Gasteiger charge is 2.23. The van der Waals surface area contributed by atoms with Gasteiger partial charge in [-0.1, -0.05) is 0 Å². The molecule has 1 fully saturated rings. The lowest BCUT2D eigenvalue weighted by Crippen LogP contribution is -2.51. The molecule has 5 heteroatoms. The monoisotopic (exact) mass is 213 g/mol. The van der Waals surface area contributed by atoms with E-state index in [0.717, 1.165) is 17.2 Å². The molecule has 0 spiro atoms. The van der Waals surface area contributed by atoms with E-state index >= 15 is 0 Å². The van der Waals surface area contributed by atoms with E-state index in [-0.39, 0.29) is 0 Å². The second kappa shape index (κ2) is 5.70. The van der Waals surface area contributed by atoms with E-state index in [1.165, 1.54) is 32.4 Å². The van der Waals surface area contributed by atoms with Gasteiger partial charge in [-0.15, -0.1) is 0 Å². The van der Waals surface area contributed by atoms with Gasteiger partial charge in [0.25, 0.3) is 5.91 Å². The number of amides is 1. The number of likely N-dealkylation sites (tertiary alicyclic amines) is 1. The van der Waals surface area contributed by atoms with Crippen molar-refractivity contribution in [2.24, 2.45) is 5.16 Å². The summed E-state index contributed by atoms with van der Waals surface area (Å²) in [5, 5.41) is 14.9. The van der Waals surface area contributed by atoms with Gasteiger partial charge in [0.2, 0.25) is 0 Å². The normalized spacial score (nSPS) is 20.3. The maximum atomic E-state index is 10.9. The molecule has 1 N–H and O–H groups in total. The summed E-state index contributed by atoms with van der Waals surface area (Å²) in [7, 11) is 2.22. The van der Waals surface area contributed by atoms with Gasteiger partial charge in [0.05, 0.1) is 39.4 Å². The standard InChI is InChI=1S/C10H19N3O2/c1-13(6-3-2-4-7-13)8-5-11-10(14)9-12-15/h9H,2-8H2,1H3,(H-,11,14,15). The maximum absolute atomic E-state index is 10.9. The molecule has 15 heavy (non-hydrogen) atoms. The summed E-state index contributed by atoms with van der Waals surface area (Å²) >= 11 is 0. The molecular formula is C10H19N3O2. The number of piperidine rings is 1. The minimum absolute atomic E-state index is 0.395. The zero-order valence-corrected chi connectivity index (χ0v) is 9.24. The highest BCUT2D eigenvalue weighted by molar-refractivity contribution is 6.26. The summed E-state index contributed by atoms with van der Waals surface area (Å²) in [5.74, 6) is -0.395. The van der Waals surface area contributed by atoms with Crippen molar-refractivity contribution in [1.82, 2.24) is 5.32 Å². The number of quaternary nitrogens is 1. The second-order valence-electron chi connectivity index (χ2n) is 4.38. The third kappa shape index (κ3) is 4.29. The fraction of sp³-hybridized carbons (Fsp3) is 0.800. The molecule has 1 saturated heterocycles. The SMILES string of the molecule is C[N+]1(CCNC(=O)/C=N/[O-])CCCCC1. The minimum Gasteiger partial charge on any atom is -0.792 e. The Kier molecular flexibility index (Phi) is 4.55. The van der Waals surface area contributed by atoms with Crippen molar-refractivity contribution >= 4 is 12.1 Å². The van der Waals surface area contributed by atoms with E-state index in [1.54, 1.807) is 0 Å².